The van der Waals surface area contributed by atoms with E-state index in [2.05, 4.69) is 0 Å². The van der Waals surface area contributed by atoms with Crippen molar-refractivity contribution in [2.75, 3.05) is 0 Å². The predicted octanol–water partition coefficient (Wildman–Crippen LogP) is -4.50. The first kappa shape index (κ1) is 10.0. The van der Waals surface area contributed by atoms with Crippen molar-refractivity contribution >= 4 is 18.9 Å². The molecule has 0 aromatic heterocycles. The molecule has 4 nitrogen and oxygen atoms in total. The molecule has 6 heavy (non-hydrogen) atoms. The summed E-state index contributed by atoms with van der Waals surface area (Å²) in [6.07, 6.45) is 0. The summed E-state index contributed by atoms with van der Waals surface area (Å²) >= 11 is -5.38. The molecular formula is HBrLiO4. The summed E-state index contributed by atoms with van der Waals surface area (Å²) in [5.41, 5.74) is 0. The van der Waals surface area contributed by atoms with Crippen LogP contribution in [0.5, 0.6) is 0 Å². The van der Waals surface area contributed by atoms with E-state index in [0.717, 1.165) is 0 Å². The maximum absolute atomic E-state index is 8.69. The molecule has 0 aromatic carbocycles. The Morgan fingerprint density at radius 1 is 1.17 bits per heavy atom. The van der Waals surface area contributed by atoms with E-state index in [9.17, 15) is 0 Å². The Labute approximate surface area is 50.1 Å². The fraction of sp³-hybridized carbons (Fsp3) is 0. The summed E-state index contributed by atoms with van der Waals surface area (Å²) in [7, 11) is 0. The zero-order valence-electron chi connectivity index (χ0n) is 3.05. The van der Waals surface area contributed by atoms with E-state index in [1.54, 1.807) is 0 Å². The van der Waals surface area contributed by atoms with Crippen molar-refractivity contribution in [3.05, 3.63) is 0 Å². The maximum Gasteiger partial charge on any atom is 0.265 e. The van der Waals surface area contributed by atoms with Crippen LogP contribution in [0, 0.1) is 14.1 Å². The summed E-state index contributed by atoms with van der Waals surface area (Å²) in [6, 6.07) is 0. The summed E-state index contributed by atoms with van der Waals surface area (Å²) in [5.74, 6) is 0. The van der Waals surface area contributed by atoms with Gasteiger partial charge in [0.15, 0.2) is 0 Å². The molecule has 0 saturated heterocycles. The Bertz CT molecular complexity index is 23.0. The molecule has 0 aliphatic rings. The van der Waals surface area contributed by atoms with E-state index < -0.39 is 14.1 Å². The monoisotopic (exact) mass is 151 g/mol. The van der Waals surface area contributed by atoms with Crippen molar-refractivity contribution in [1.29, 1.82) is 0 Å². The third-order valence-electron chi connectivity index (χ3n) is 0. The van der Waals surface area contributed by atoms with Crippen LogP contribution in [-0.4, -0.2) is 23.1 Å². The third kappa shape index (κ3) is 89.7. The van der Waals surface area contributed by atoms with Crippen LogP contribution >= 0.6 is 0 Å². The first-order chi connectivity index (χ1) is 2.00. The van der Waals surface area contributed by atoms with Gasteiger partial charge < -0.3 is 0 Å². The van der Waals surface area contributed by atoms with Crippen LogP contribution in [0.3, 0.4) is 0 Å². The molecule has 1 N–H and O–H groups in total. The molecule has 0 rings (SSSR count). The normalized spacial score (nSPS) is 10.0. The first-order valence-corrected chi connectivity index (χ1v) is 3.28. The van der Waals surface area contributed by atoms with E-state index in [4.69, 9.17) is 16.8 Å². The predicted molar refractivity (Wildman–Crippen MR) is 7.97 cm³/mol. The van der Waals surface area contributed by atoms with Crippen LogP contribution in [0.15, 0.2) is 0 Å². The minimum Gasteiger partial charge on any atom is -0.228 e. The van der Waals surface area contributed by atoms with Crippen LogP contribution in [0.25, 0.3) is 0 Å². The van der Waals surface area contributed by atoms with Crippen LogP contribution in [0.4, 0.5) is 0 Å². The van der Waals surface area contributed by atoms with E-state index in [1.165, 1.54) is 0 Å². The Hall–Kier alpha value is 0.917. The second-order valence-corrected chi connectivity index (χ2v) is 2.06. The minimum absolute atomic E-state index is 0. The van der Waals surface area contributed by atoms with Crippen molar-refractivity contribution in [2.45, 2.75) is 0 Å². The molecule has 0 aliphatic carbocycles. The number of rotatable bonds is 0. The van der Waals surface area contributed by atoms with Crippen molar-refractivity contribution < 1.29 is 30.9 Å². The zero-order valence-corrected chi connectivity index (χ0v) is 4.64. The van der Waals surface area contributed by atoms with Crippen molar-refractivity contribution in [3.8, 4) is 0 Å². The van der Waals surface area contributed by atoms with Gasteiger partial charge in [-0.2, -0.15) is 0 Å². The Morgan fingerprint density at radius 2 is 1.17 bits per heavy atom. The van der Waals surface area contributed by atoms with E-state index in [1.807, 2.05) is 0 Å². The molecule has 0 bridgehead atoms. The third-order valence-corrected chi connectivity index (χ3v) is 0. The summed E-state index contributed by atoms with van der Waals surface area (Å²) in [6.45, 7) is 0. The molecule has 0 atom stereocenters. The number of hydrogen-bond acceptors (Lipinski definition) is 4. The molecule has 0 saturated carbocycles. The van der Waals surface area contributed by atoms with Gasteiger partial charge in [0, 0.05) is 23.1 Å². The van der Waals surface area contributed by atoms with Crippen molar-refractivity contribution in [3.63, 3.8) is 0 Å². The van der Waals surface area contributed by atoms with Gasteiger partial charge in [-0.3, -0.25) is 0 Å². The number of hydrogen-bond donors (Lipinski definition) is 1. The molecule has 0 aliphatic heterocycles. The van der Waals surface area contributed by atoms with Gasteiger partial charge in [-0.25, -0.2) is 12.6 Å². The fourth-order valence-electron chi connectivity index (χ4n) is 0. The Morgan fingerprint density at radius 3 is 1.17 bits per heavy atom. The Kier molecular flexibility index (Phi) is 4.99. The molecule has 0 heterocycles. The van der Waals surface area contributed by atoms with E-state index in [-0.39, 0.29) is 18.9 Å². The molecule has 0 unspecified atom stereocenters. The van der Waals surface area contributed by atoms with Crippen LogP contribution < -0.4 is 12.6 Å². The van der Waals surface area contributed by atoms with Crippen LogP contribution in [0.2, 0.25) is 0 Å². The van der Waals surface area contributed by atoms with Gasteiger partial charge in [0.1, 0.15) is 0 Å². The molecule has 0 aromatic rings. The molecule has 33 valence electrons. The van der Waals surface area contributed by atoms with Gasteiger partial charge in [0.25, 0.3) is 14.1 Å². The van der Waals surface area contributed by atoms with E-state index in [0.29, 0.717) is 0 Å². The first-order valence-electron chi connectivity index (χ1n) is 0.632. The Balaban J connectivity index is 0. The van der Waals surface area contributed by atoms with Gasteiger partial charge >= 0.3 is 0 Å². The molecule has 0 amide bonds. The SMILES string of the molecule is [Li].[O-][Br+3]([O-])([O-])O. The fourth-order valence-corrected chi connectivity index (χ4v) is 0. The standard InChI is InChI=1S/BrHO4.Li/c2-1(3,4)5;/h2H;. The largest absolute Gasteiger partial charge is 0.265 e. The number of halogens is 1. The van der Waals surface area contributed by atoms with Gasteiger partial charge in [0.05, 0.1) is 0 Å². The van der Waals surface area contributed by atoms with Gasteiger partial charge in [-0.1, -0.05) is 0 Å². The van der Waals surface area contributed by atoms with Gasteiger partial charge in [-0.05, 0) is 0 Å². The summed E-state index contributed by atoms with van der Waals surface area (Å²) in [4.78, 5) is 0. The molecular weight excluding hydrogens is 151 g/mol. The molecule has 6 heteroatoms. The second kappa shape index (κ2) is 2.99. The summed E-state index contributed by atoms with van der Waals surface area (Å²) < 4.78 is 33.1. The smallest absolute Gasteiger partial charge is 0.228 e. The zero-order chi connectivity index (χ0) is 4.50. The average Bonchev–Trinajstić information content (AvgIpc) is 0.722. The van der Waals surface area contributed by atoms with Crippen LogP contribution in [0.1, 0.15) is 0 Å². The second-order valence-electron chi connectivity index (χ2n) is 0.396. The summed E-state index contributed by atoms with van der Waals surface area (Å²) in [5, 5.41) is 0. The minimum atomic E-state index is -5.38. The van der Waals surface area contributed by atoms with Crippen molar-refractivity contribution in [2.24, 2.45) is 0 Å². The average molecular weight is 152 g/mol. The van der Waals surface area contributed by atoms with Crippen molar-refractivity contribution in [1.82, 2.24) is 0 Å². The topological polar surface area (TPSA) is 89.4 Å². The quantitative estimate of drug-likeness (QED) is 0.354. The maximum atomic E-state index is 8.69. The van der Waals surface area contributed by atoms with E-state index >= 15 is 0 Å². The molecule has 1 radical (unpaired) electrons. The van der Waals surface area contributed by atoms with Crippen LogP contribution in [-0.2, 0) is 0 Å². The molecule has 0 fully saturated rings. The van der Waals surface area contributed by atoms with Gasteiger partial charge in [-0.15, -0.1) is 0 Å². The molecule has 0 spiro atoms. The van der Waals surface area contributed by atoms with Gasteiger partial charge in [0.2, 0.25) is 0 Å².